The fourth-order valence-corrected chi connectivity index (χ4v) is 3.38. The van der Waals surface area contributed by atoms with E-state index in [0.717, 1.165) is 11.8 Å². The second-order valence-corrected chi connectivity index (χ2v) is 6.83. The van der Waals surface area contributed by atoms with E-state index in [1.54, 1.807) is 36.4 Å². The first kappa shape index (κ1) is 17.5. The first-order valence-electron chi connectivity index (χ1n) is 6.99. The van der Waals surface area contributed by atoms with Crippen molar-refractivity contribution in [3.8, 4) is 0 Å². The van der Waals surface area contributed by atoms with E-state index in [1.165, 1.54) is 12.1 Å². The molecular weight excluding hydrogens is 383 g/mol. The molecule has 25 heavy (non-hydrogen) atoms. The van der Waals surface area contributed by atoms with Crippen LogP contribution >= 0.6 is 35.0 Å². The van der Waals surface area contributed by atoms with E-state index in [-0.39, 0.29) is 22.3 Å². The quantitative estimate of drug-likeness (QED) is 0.814. The molecule has 1 N–H and O–H groups in total. The van der Waals surface area contributed by atoms with E-state index in [9.17, 15) is 14.7 Å². The number of carbonyl (C=O) groups excluding carboxylic acids is 2. The summed E-state index contributed by atoms with van der Waals surface area (Å²) in [6.45, 7) is 0. The van der Waals surface area contributed by atoms with Gasteiger partial charge in [-0.1, -0.05) is 47.5 Å². The Labute approximate surface area is 157 Å². The van der Waals surface area contributed by atoms with Crippen LogP contribution in [0.15, 0.2) is 52.4 Å². The highest BCUT2D eigenvalue weighted by molar-refractivity contribution is 8.18. The minimum absolute atomic E-state index is 0.0528. The number of hydrogen-bond acceptors (Lipinski definition) is 5. The molecule has 1 aliphatic heterocycles. The number of amidine groups is 1. The van der Waals surface area contributed by atoms with Crippen LogP contribution in [0.25, 0.3) is 6.08 Å². The maximum absolute atomic E-state index is 12.1. The van der Waals surface area contributed by atoms with Crippen LogP contribution in [0.5, 0.6) is 0 Å². The first-order chi connectivity index (χ1) is 11.9. The molecule has 1 heterocycles. The summed E-state index contributed by atoms with van der Waals surface area (Å²) in [7, 11) is 0. The average Bonchev–Trinajstić information content (AvgIpc) is 2.90. The molecule has 1 amide bonds. The van der Waals surface area contributed by atoms with Crippen molar-refractivity contribution >= 4 is 63.8 Å². The van der Waals surface area contributed by atoms with E-state index in [0.29, 0.717) is 20.5 Å². The number of hydrogen-bond donors (Lipinski definition) is 1. The molecule has 3 rings (SSSR count). The molecule has 1 fully saturated rings. The summed E-state index contributed by atoms with van der Waals surface area (Å²) in [5.41, 5.74) is 0.791. The molecule has 0 spiro atoms. The molecule has 0 saturated carbocycles. The number of amides is 1. The average molecular weight is 392 g/mol. The zero-order valence-corrected chi connectivity index (χ0v) is 14.8. The number of aromatic carboxylic acids is 1. The Bertz CT molecular complexity index is 941. The van der Waals surface area contributed by atoms with Gasteiger partial charge in [0.25, 0.3) is 5.91 Å². The molecule has 5 nitrogen and oxygen atoms in total. The van der Waals surface area contributed by atoms with Crippen molar-refractivity contribution in [2.45, 2.75) is 0 Å². The number of para-hydroxylation sites is 1. The summed E-state index contributed by atoms with van der Waals surface area (Å²) in [4.78, 5) is 27.8. The minimum atomic E-state index is -1.34. The van der Waals surface area contributed by atoms with E-state index in [2.05, 4.69) is 10.3 Å². The van der Waals surface area contributed by atoms with Crippen molar-refractivity contribution in [1.82, 2.24) is 5.32 Å². The summed E-state index contributed by atoms with van der Waals surface area (Å²) < 4.78 is 0. The van der Waals surface area contributed by atoms with Crippen molar-refractivity contribution < 1.29 is 14.7 Å². The van der Waals surface area contributed by atoms with Gasteiger partial charge >= 0.3 is 0 Å². The fraction of sp³-hybridized carbons (Fsp3) is 0. The summed E-state index contributed by atoms with van der Waals surface area (Å²) in [6, 6.07) is 11.1. The Kier molecular flexibility index (Phi) is 5.13. The predicted molar refractivity (Wildman–Crippen MR) is 98.0 cm³/mol. The monoisotopic (exact) mass is 391 g/mol. The number of carboxylic acid groups (broad SMARTS) is 1. The molecule has 0 atom stereocenters. The zero-order valence-electron chi connectivity index (χ0n) is 12.5. The van der Waals surface area contributed by atoms with Gasteiger partial charge in [-0.15, -0.1) is 0 Å². The van der Waals surface area contributed by atoms with Gasteiger partial charge in [-0.3, -0.25) is 4.79 Å². The largest absolute Gasteiger partial charge is 0.545 e. The van der Waals surface area contributed by atoms with Crippen LogP contribution in [-0.2, 0) is 4.79 Å². The van der Waals surface area contributed by atoms with Crippen LogP contribution in [0.2, 0.25) is 10.0 Å². The SMILES string of the molecule is O=C1NC(=Nc2ccccc2C(=O)[O-])S/C1=C\c1ccc(Cl)cc1Cl. The number of carboxylic acids is 1. The van der Waals surface area contributed by atoms with Crippen LogP contribution in [0, 0.1) is 0 Å². The van der Waals surface area contributed by atoms with Crippen molar-refractivity contribution in [2.75, 3.05) is 0 Å². The molecule has 0 aliphatic carbocycles. The van der Waals surface area contributed by atoms with Gasteiger partial charge < -0.3 is 15.2 Å². The third kappa shape index (κ3) is 4.04. The maximum Gasteiger partial charge on any atom is 0.264 e. The highest BCUT2D eigenvalue weighted by Gasteiger charge is 2.24. The highest BCUT2D eigenvalue weighted by Crippen LogP contribution is 2.31. The fourth-order valence-electron chi connectivity index (χ4n) is 2.09. The van der Waals surface area contributed by atoms with Crippen molar-refractivity contribution in [1.29, 1.82) is 0 Å². The number of carbonyl (C=O) groups is 2. The Balaban J connectivity index is 1.90. The molecule has 1 aliphatic rings. The predicted octanol–water partition coefficient (Wildman–Crippen LogP) is 3.25. The lowest BCUT2D eigenvalue weighted by atomic mass is 10.2. The number of halogens is 2. The highest BCUT2D eigenvalue weighted by atomic mass is 35.5. The summed E-state index contributed by atoms with van der Waals surface area (Å²) in [6.07, 6.45) is 1.62. The maximum atomic E-state index is 12.1. The van der Waals surface area contributed by atoms with Gasteiger partial charge in [-0.05, 0) is 41.6 Å². The molecule has 0 radical (unpaired) electrons. The van der Waals surface area contributed by atoms with E-state index in [1.807, 2.05) is 0 Å². The molecule has 0 unspecified atom stereocenters. The number of benzene rings is 2. The first-order valence-corrected chi connectivity index (χ1v) is 8.56. The van der Waals surface area contributed by atoms with E-state index < -0.39 is 5.97 Å². The molecule has 8 heteroatoms. The second-order valence-electron chi connectivity index (χ2n) is 4.95. The van der Waals surface area contributed by atoms with Gasteiger partial charge in [0.2, 0.25) is 0 Å². The second kappa shape index (κ2) is 7.31. The van der Waals surface area contributed by atoms with Crippen LogP contribution < -0.4 is 10.4 Å². The molecule has 2 aromatic carbocycles. The Morgan fingerprint density at radius 3 is 2.68 bits per heavy atom. The number of nitrogens with zero attached hydrogens (tertiary/aromatic N) is 1. The lowest BCUT2D eigenvalue weighted by molar-refractivity contribution is -0.254. The molecule has 2 aromatic rings. The van der Waals surface area contributed by atoms with Crippen molar-refractivity contribution in [3.05, 3.63) is 68.5 Å². The van der Waals surface area contributed by atoms with Crippen LogP contribution in [0.4, 0.5) is 5.69 Å². The van der Waals surface area contributed by atoms with Crippen LogP contribution in [0.1, 0.15) is 15.9 Å². The Morgan fingerprint density at radius 2 is 1.96 bits per heavy atom. The van der Waals surface area contributed by atoms with E-state index >= 15 is 0 Å². The Morgan fingerprint density at radius 1 is 1.20 bits per heavy atom. The molecule has 1 saturated heterocycles. The van der Waals surface area contributed by atoms with Gasteiger partial charge in [0.15, 0.2) is 5.17 Å². The summed E-state index contributed by atoms with van der Waals surface area (Å²) in [5, 5.41) is 14.9. The van der Waals surface area contributed by atoms with Crippen LogP contribution in [-0.4, -0.2) is 17.0 Å². The van der Waals surface area contributed by atoms with Crippen molar-refractivity contribution in [3.63, 3.8) is 0 Å². The van der Waals surface area contributed by atoms with Gasteiger partial charge in [-0.2, -0.15) is 0 Å². The molecule has 0 bridgehead atoms. The lowest BCUT2D eigenvalue weighted by Crippen LogP contribution is -2.23. The van der Waals surface area contributed by atoms with Gasteiger partial charge in [0.1, 0.15) is 0 Å². The van der Waals surface area contributed by atoms with Gasteiger partial charge in [0.05, 0.1) is 16.6 Å². The molecule has 126 valence electrons. The third-order valence-electron chi connectivity index (χ3n) is 3.25. The summed E-state index contributed by atoms with van der Waals surface area (Å²) in [5.74, 6) is -1.68. The van der Waals surface area contributed by atoms with Crippen LogP contribution in [0.3, 0.4) is 0 Å². The minimum Gasteiger partial charge on any atom is -0.545 e. The van der Waals surface area contributed by atoms with E-state index in [4.69, 9.17) is 23.2 Å². The Hall–Kier alpha value is -2.28. The van der Waals surface area contributed by atoms with Gasteiger partial charge in [-0.25, -0.2) is 4.99 Å². The molecule has 0 aromatic heterocycles. The number of rotatable bonds is 3. The number of thioether (sulfide) groups is 1. The molecular formula is C17H9Cl2N2O3S-. The lowest BCUT2D eigenvalue weighted by Gasteiger charge is -2.06. The third-order valence-corrected chi connectivity index (χ3v) is 4.72. The smallest absolute Gasteiger partial charge is 0.264 e. The van der Waals surface area contributed by atoms with Crippen molar-refractivity contribution in [2.24, 2.45) is 4.99 Å². The standard InChI is InChI=1S/C17H10Cl2N2O3S/c18-10-6-5-9(12(19)8-10)7-14-15(22)21-17(25-14)20-13-4-2-1-3-11(13)16(23)24/h1-8H,(H,23,24)(H,20,21,22)/p-1/b14-7-. The summed E-state index contributed by atoms with van der Waals surface area (Å²) >= 11 is 13.0. The van der Waals surface area contributed by atoms with Gasteiger partial charge in [0, 0.05) is 15.6 Å². The normalized spacial score (nSPS) is 17.1. The number of nitrogens with one attached hydrogen (secondary N) is 1. The zero-order chi connectivity index (χ0) is 18.0. The number of aliphatic imine (C=N–C) groups is 1. The topological polar surface area (TPSA) is 81.6 Å².